The van der Waals surface area contributed by atoms with Crippen LogP contribution in [0.1, 0.15) is 11.1 Å². The number of alkyl halides is 1. The number of aliphatic hydroxyl groups excluding tert-OH is 1. The van der Waals surface area contributed by atoms with Crippen LogP contribution in [0, 0.1) is 11.6 Å². The molecule has 0 bridgehead atoms. The van der Waals surface area contributed by atoms with Gasteiger partial charge in [-0.2, -0.15) is 0 Å². The summed E-state index contributed by atoms with van der Waals surface area (Å²) in [6.45, 7) is -0.718. The maximum Gasteiger partial charge on any atom is 0.198 e. The summed E-state index contributed by atoms with van der Waals surface area (Å²) in [5.41, 5.74) is -1.21. The van der Waals surface area contributed by atoms with E-state index >= 15 is 0 Å². The number of nitrogens with zero attached hydrogens (tertiary/aromatic N) is 2. The summed E-state index contributed by atoms with van der Waals surface area (Å²) in [5.74, 6) is -2.07. The van der Waals surface area contributed by atoms with Crippen LogP contribution in [-0.4, -0.2) is 66.7 Å². The van der Waals surface area contributed by atoms with Gasteiger partial charge < -0.3 is 29.0 Å². The first-order chi connectivity index (χ1) is 16.4. The van der Waals surface area contributed by atoms with Gasteiger partial charge in [0.1, 0.15) is 23.6 Å². The number of rotatable bonds is 7. The number of nitrogens with one attached hydrogen (secondary N) is 1. The molecule has 0 saturated carbocycles. The standard InChI is InChI=1S/C23H22F3N3O5/c1-31-23(11-32-12-23)14-7-28-21-19(14)17(2-3-27-21)34-20-15(24)4-13(5-16(20)25)6-18-29-8-22(26,9-30)10-33-18/h2-5,7,30H,6,8-12H2,1H3,(H,27,28). The number of aromatic nitrogens is 2. The van der Waals surface area contributed by atoms with Crippen molar-refractivity contribution in [2.45, 2.75) is 17.7 Å². The summed E-state index contributed by atoms with van der Waals surface area (Å²) in [7, 11) is 1.56. The number of benzene rings is 1. The zero-order chi connectivity index (χ0) is 23.9. The summed E-state index contributed by atoms with van der Waals surface area (Å²) in [5, 5.41) is 9.58. The van der Waals surface area contributed by atoms with Crippen molar-refractivity contribution < 1.29 is 37.2 Å². The molecule has 34 heavy (non-hydrogen) atoms. The van der Waals surface area contributed by atoms with Crippen molar-refractivity contribution in [3.8, 4) is 11.5 Å². The fourth-order valence-corrected chi connectivity index (χ4v) is 3.97. The molecule has 1 fully saturated rings. The Morgan fingerprint density at radius 1 is 1.21 bits per heavy atom. The molecule has 2 aliphatic rings. The molecule has 0 radical (unpaired) electrons. The van der Waals surface area contributed by atoms with Crippen LogP contribution in [0.15, 0.2) is 35.6 Å². The van der Waals surface area contributed by atoms with Gasteiger partial charge >= 0.3 is 0 Å². The molecule has 0 spiro atoms. The van der Waals surface area contributed by atoms with E-state index in [2.05, 4.69) is 15.0 Å². The topological polar surface area (TPSA) is 98.2 Å². The van der Waals surface area contributed by atoms with Crippen LogP contribution in [0.3, 0.4) is 0 Å². The molecular weight excluding hydrogens is 455 g/mol. The number of halogens is 3. The zero-order valence-electron chi connectivity index (χ0n) is 18.2. The second-order valence-electron chi connectivity index (χ2n) is 8.40. The van der Waals surface area contributed by atoms with E-state index in [0.29, 0.717) is 24.2 Å². The van der Waals surface area contributed by atoms with Gasteiger partial charge in [-0.1, -0.05) is 0 Å². The Morgan fingerprint density at radius 3 is 2.56 bits per heavy atom. The van der Waals surface area contributed by atoms with E-state index in [1.54, 1.807) is 13.3 Å². The van der Waals surface area contributed by atoms with Crippen LogP contribution in [0.2, 0.25) is 0 Å². The third-order valence-electron chi connectivity index (χ3n) is 6.03. The number of aliphatic hydroxyl groups is 1. The molecule has 2 aromatic heterocycles. The molecule has 8 nitrogen and oxygen atoms in total. The molecule has 3 aromatic rings. The van der Waals surface area contributed by atoms with Crippen LogP contribution in [0.4, 0.5) is 13.2 Å². The zero-order valence-corrected chi connectivity index (χ0v) is 18.2. The maximum atomic E-state index is 14.9. The van der Waals surface area contributed by atoms with E-state index in [1.165, 1.54) is 12.3 Å². The SMILES string of the molecule is COC1(c2c[nH]c3nccc(Oc4c(F)cc(CC5=NCC(F)(CO)CO5)cc4F)c23)COC1. The van der Waals surface area contributed by atoms with E-state index in [9.17, 15) is 13.2 Å². The third kappa shape index (κ3) is 3.89. The van der Waals surface area contributed by atoms with E-state index < -0.39 is 35.3 Å². The van der Waals surface area contributed by atoms with Gasteiger partial charge in [0.2, 0.25) is 0 Å². The van der Waals surface area contributed by atoms with Gasteiger partial charge in [0, 0.05) is 31.5 Å². The second kappa shape index (κ2) is 8.57. The van der Waals surface area contributed by atoms with Crippen molar-refractivity contribution in [1.82, 2.24) is 9.97 Å². The average Bonchev–Trinajstić information content (AvgIpc) is 3.23. The van der Waals surface area contributed by atoms with Gasteiger partial charge in [-0.15, -0.1) is 0 Å². The monoisotopic (exact) mass is 477 g/mol. The van der Waals surface area contributed by atoms with Crippen molar-refractivity contribution in [1.29, 1.82) is 0 Å². The molecule has 0 amide bonds. The molecule has 4 heterocycles. The quantitative estimate of drug-likeness (QED) is 0.543. The van der Waals surface area contributed by atoms with E-state index in [1.807, 2.05) is 0 Å². The highest BCUT2D eigenvalue weighted by atomic mass is 19.1. The molecule has 1 unspecified atom stereocenters. The van der Waals surface area contributed by atoms with Gasteiger partial charge in [0.05, 0.1) is 31.8 Å². The molecule has 0 aliphatic carbocycles. The van der Waals surface area contributed by atoms with Gasteiger partial charge in [-0.3, -0.25) is 4.99 Å². The molecule has 5 rings (SSSR count). The van der Waals surface area contributed by atoms with E-state index in [-0.39, 0.29) is 36.8 Å². The van der Waals surface area contributed by atoms with Gasteiger partial charge in [0.15, 0.2) is 29.0 Å². The lowest BCUT2D eigenvalue weighted by atomic mass is 9.91. The van der Waals surface area contributed by atoms with Crippen molar-refractivity contribution >= 4 is 16.9 Å². The number of H-pyrrole nitrogens is 1. The van der Waals surface area contributed by atoms with Crippen LogP contribution < -0.4 is 4.74 Å². The Kier molecular flexibility index (Phi) is 5.70. The Labute approximate surface area is 192 Å². The molecule has 11 heteroatoms. The minimum absolute atomic E-state index is 0.0343. The minimum atomic E-state index is -1.95. The average molecular weight is 477 g/mol. The highest BCUT2D eigenvalue weighted by Crippen LogP contribution is 2.42. The molecule has 1 saturated heterocycles. The number of hydrogen-bond donors (Lipinski definition) is 2. The molecule has 1 aromatic carbocycles. The number of fused-ring (bicyclic) bond motifs is 1. The Hall–Kier alpha value is -3.15. The normalized spacial score (nSPS) is 21.6. The van der Waals surface area contributed by atoms with Crippen molar-refractivity contribution in [2.24, 2.45) is 4.99 Å². The third-order valence-corrected chi connectivity index (χ3v) is 6.03. The van der Waals surface area contributed by atoms with Crippen LogP contribution >= 0.6 is 0 Å². The summed E-state index contributed by atoms with van der Waals surface area (Å²) in [6.07, 6.45) is 3.16. The molecule has 2 N–H and O–H groups in total. The fourth-order valence-electron chi connectivity index (χ4n) is 3.97. The van der Waals surface area contributed by atoms with Gasteiger partial charge in [0.25, 0.3) is 0 Å². The molecular formula is C23H22F3N3O5. The highest BCUT2D eigenvalue weighted by molar-refractivity contribution is 5.87. The number of hydrogen-bond acceptors (Lipinski definition) is 7. The molecule has 180 valence electrons. The van der Waals surface area contributed by atoms with E-state index in [4.69, 9.17) is 24.1 Å². The largest absolute Gasteiger partial charge is 0.477 e. The van der Waals surface area contributed by atoms with Crippen LogP contribution in [0.25, 0.3) is 11.0 Å². The Morgan fingerprint density at radius 2 is 1.97 bits per heavy atom. The first kappa shape index (κ1) is 22.6. The maximum absolute atomic E-state index is 14.9. The minimum Gasteiger partial charge on any atom is -0.477 e. The van der Waals surface area contributed by atoms with Crippen LogP contribution in [-0.2, 0) is 26.2 Å². The summed E-state index contributed by atoms with van der Waals surface area (Å²) >= 11 is 0. The number of methoxy groups -OCH3 is 1. The van der Waals surface area contributed by atoms with E-state index in [0.717, 1.165) is 17.7 Å². The lowest BCUT2D eigenvalue weighted by Gasteiger charge is -2.39. The smallest absolute Gasteiger partial charge is 0.198 e. The Bertz CT molecular complexity index is 1230. The van der Waals surface area contributed by atoms with Crippen molar-refractivity contribution in [3.05, 3.63) is 53.4 Å². The van der Waals surface area contributed by atoms with Crippen LogP contribution in [0.5, 0.6) is 11.5 Å². The number of pyridine rings is 1. The Balaban J connectivity index is 1.42. The lowest BCUT2D eigenvalue weighted by molar-refractivity contribution is -0.201. The van der Waals surface area contributed by atoms with Gasteiger partial charge in [-0.25, -0.2) is 18.2 Å². The number of aromatic amines is 1. The summed E-state index contributed by atoms with van der Waals surface area (Å²) in [4.78, 5) is 11.2. The van der Waals surface area contributed by atoms with Crippen molar-refractivity contribution in [3.63, 3.8) is 0 Å². The molecule has 2 aliphatic heterocycles. The first-order valence-corrected chi connectivity index (χ1v) is 10.6. The second-order valence-corrected chi connectivity index (χ2v) is 8.40. The summed E-state index contributed by atoms with van der Waals surface area (Å²) < 4.78 is 65.7. The fraction of sp³-hybridized carbons (Fsp3) is 0.391. The van der Waals surface area contributed by atoms with Gasteiger partial charge in [-0.05, 0) is 23.8 Å². The predicted octanol–water partition coefficient (Wildman–Crippen LogP) is 3.18. The summed E-state index contributed by atoms with van der Waals surface area (Å²) in [6, 6.07) is 3.74. The number of aliphatic imine (C=N–C) groups is 1. The first-order valence-electron chi connectivity index (χ1n) is 10.6. The number of ether oxygens (including phenoxy) is 4. The van der Waals surface area contributed by atoms with Crippen molar-refractivity contribution in [2.75, 3.05) is 40.1 Å². The lowest BCUT2D eigenvalue weighted by Crippen LogP contribution is -2.48. The highest BCUT2D eigenvalue weighted by Gasteiger charge is 2.43. The predicted molar refractivity (Wildman–Crippen MR) is 115 cm³/mol. The molecule has 1 atom stereocenters.